The van der Waals surface area contributed by atoms with Crippen LogP contribution in [0.4, 0.5) is 0 Å². The van der Waals surface area contributed by atoms with Crippen LogP contribution in [0.1, 0.15) is 18.5 Å². The Kier molecular flexibility index (Phi) is 4.10. The zero-order chi connectivity index (χ0) is 15.0. The van der Waals surface area contributed by atoms with Gasteiger partial charge in [-0.1, -0.05) is 0 Å². The summed E-state index contributed by atoms with van der Waals surface area (Å²) >= 11 is 3.36. The number of hydrogen-bond donors (Lipinski definition) is 1. The molecule has 0 aliphatic heterocycles. The predicted molar refractivity (Wildman–Crippen MR) is 84.2 cm³/mol. The molecule has 1 fully saturated rings. The first kappa shape index (κ1) is 14.7. The smallest absolute Gasteiger partial charge is 0.258 e. The van der Waals surface area contributed by atoms with Crippen molar-refractivity contribution in [2.45, 2.75) is 25.5 Å². The lowest BCUT2D eigenvalue weighted by molar-refractivity contribution is 0.0272. The summed E-state index contributed by atoms with van der Waals surface area (Å²) in [5, 5.41) is 9.32. The molecule has 5 nitrogen and oxygen atoms in total. The molecule has 0 saturated heterocycles. The number of fused-ring (bicyclic) bond motifs is 1. The van der Waals surface area contributed by atoms with E-state index < -0.39 is 0 Å². The molecule has 1 N–H and O–H groups in total. The highest BCUT2D eigenvalue weighted by Crippen LogP contribution is 2.27. The lowest BCUT2D eigenvalue weighted by atomic mass is 9.82. The fourth-order valence-corrected chi connectivity index (χ4v) is 3.18. The van der Waals surface area contributed by atoms with Gasteiger partial charge < -0.3 is 10.0 Å². The van der Waals surface area contributed by atoms with Crippen molar-refractivity contribution in [3.05, 3.63) is 44.9 Å². The lowest BCUT2D eigenvalue weighted by Crippen LogP contribution is -2.37. The maximum absolute atomic E-state index is 12.1. The Hall–Kier alpha value is -1.24. The van der Waals surface area contributed by atoms with Gasteiger partial charge in [-0.2, -0.15) is 0 Å². The van der Waals surface area contributed by atoms with E-state index in [2.05, 4.69) is 25.8 Å². The van der Waals surface area contributed by atoms with Gasteiger partial charge in [-0.05, 0) is 53.9 Å². The van der Waals surface area contributed by atoms with Crippen molar-refractivity contribution in [3.63, 3.8) is 0 Å². The number of hydrogen-bond acceptors (Lipinski definition) is 4. The molecule has 0 bridgehead atoms. The third-order valence-corrected chi connectivity index (χ3v) is 4.36. The van der Waals surface area contributed by atoms with Gasteiger partial charge in [0.25, 0.3) is 5.56 Å². The highest BCUT2D eigenvalue weighted by Gasteiger charge is 2.27. The normalized spacial score (nSPS) is 21.7. The van der Waals surface area contributed by atoms with Crippen LogP contribution in [0.15, 0.2) is 33.7 Å². The van der Waals surface area contributed by atoms with Crippen molar-refractivity contribution >= 4 is 21.6 Å². The van der Waals surface area contributed by atoms with Crippen LogP contribution in [-0.4, -0.2) is 39.1 Å². The summed E-state index contributed by atoms with van der Waals surface area (Å²) in [6.07, 6.45) is 3.37. The predicted octanol–water partition coefficient (Wildman–Crippen LogP) is 1.66. The number of nitrogens with zero attached hydrogens (tertiary/aromatic N) is 3. The zero-order valence-electron chi connectivity index (χ0n) is 11.9. The molecule has 2 heterocycles. The Morgan fingerprint density at radius 3 is 2.95 bits per heavy atom. The van der Waals surface area contributed by atoms with E-state index >= 15 is 0 Å². The maximum Gasteiger partial charge on any atom is 0.258 e. The van der Waals surface area contributed by atoms with Crippen molar-refractivity contribution in [3.8, 4) is 0 Å². The quantitative estimate of drug-likeness (QED) is 0.909. The Labute approximate surface area is 131 Å². The van der Waals surface area contributed by atoms with Crippen LogP contribution < -0.4 is 5.56 Å². The minimum absolute atomic E-state index is 0.0660. The van der Waals surface area contributed by atoms with Gasteiger partial charge in [0.2, 0.25) is 0 Å². The van der Waals surface area contributed by atoms with Crippen LogP contribution in [0, 0.1) is 5.92 Å². The number of aliphatic hydroxyl groups is 1. The molecular weight excluding hydrogens is 334 g/mol. The van der Waals surface area contributed by atoms with E-state index in [0.29, 0.717) is 18.1 Å². The van der Waals surface area contributed by atoms with Gasteiger partial charge in [-0.15, -0.1) is 0 Å². The largest absolute Gasteiger partial charge is 0.393 e. The number of halogens is 1. The molecule has 0 amide bonds. The summed E-state index contributed by atoms with van der Waals surface area (Å²) in [5.41, 5.74) is 1.38. The lowest BCUT2D eigenvalue weighted by Gasteiger charge is -2.34. The summed E-state index contributed by atoms with van der Waals surface area (Å²) < 4.78 is 2.39. The first-order valence-electron chi connectivity index (χ1n) is 7.06. The molecule has 21 heavy (non-hydrogen) atoms. The number of aliphatic hydroxyl groups excluding tert-OH is 1. The third kappa shape index (κ3) is 3.33. The monoisotopic (exact) mass is 351 g/mol. The first-order valence-corrected chi connectivity index (χ1v) is 7.85. The summed E-state index contributed by atoms with van der Waals surface area (Å²) in [5.74, 6) is 0.558. The average Bonchev–Trinajstić information content (AvgIpc) is 2.38. The van der Waals surface area contributed by atoms with E-state index in [1.165, 1.54) is 4.40 Å². The minimum atomic E-state index is -0.120. The highest BCUT2D eigenvalue weighted by molar-refractivity contribution is 9.10. The molecule has 6 heteroatoms. The van der Waals surface area contributed by atoms with Crippen LogP contribution in [-0.2, 0) is 6.54 Å². The molecule has 0 aromatic carbocycles. The Morgan fingerprint density at radius 2 is 2.24 bits per heavy atom. The van der Waals surface area contributed by atoms with Gasteiger partial charge >= 0.3 is 0 Å². The number of rotatable bonds is 4. The van der Waals surface area contributed by atoms with Crippen molar-refractivity contribution < 1.29 is 5.11 Å². The number of pyridine rings is 1. The average molecular weight is 352 g/mol. The summed E-state index contributed by atoms with van der Waals surface area (Å²) in [7, 11) is 2.02. The van der Waals surface area contributed by atoms with Gasteiger partial charge in [0.1, 0.15) is 5.65 Å². The summed E-state index contributed by atoms with van der Waals surface area (Å²) in [6.45, 7) is 1.58. The molecule has 1 saturated carbocycles. The van der Waals surface area contributed by atoms with Crippen LogP contribution in [0.25, 0.3) is 5.65 Å². The van der Waals surface area contributed by atoms with Crippen LogP contribution >= 0.6 is 15.9 Å². The molecule has 0 atom stereocenters. The van der Waals surface area contributed by atoms with E-state index in [1.807, 2.05) is 19.2 Å². The van der Waals surface area contributed by atoms with Gasteiger partial charge in [-0.3, -0.25) is 9.20 Å². The Balaban J connectivity index is 1.75. The molecule has 0 unspecified atom stereocenters. The molecule has 1 aliphatic carbocycles. The van der Waals surface area contributed by atoms with Crippen molar-refractivity contribution in [2.75, 3.05) is 13.6 Å². The van der Waals surface area contributed by atoms with E-state index in [0.717, 1.165) is 29.6 Å². The molecule has 0 spiro atoms. The second-order valence-electron chi connectivity index (χ2n) is 5.85. The van der Waals surface area contributed by atoms with Crippen molar-refractivity contribution in [1.29, 1.82) is 0 Å². The van der Waals surface area contributed by atoms with E-state index in [9.17, 15) is 9.90 Å². The highest BCUT2D eigenvalue weighted by atomic mass is 79.9. The molecular formula is C15H18BrN3O2. The molecule has 2 aromatic heterocycles. The van der Waals surface area contributed by atoms with Crippen LogP contribution in [0.3, 0.4) is 0 Å². The zero-order valence-corrected chi connectivity index (χ0v) is 13.5. The van der Waals surface area contributed by atoms with Gasteiger partial charge in [0.05, 0.1) is 11.8 Å². The number of aromatic nitrogens is 2. The van der Waals surface area contributed by atoms with Crippen molar-refractivity contribution in [2.24, 2.45) is 5.92 Å². The second kappa shape index (κ2) is 5.87. The SMILES string of the molecule is CN(Cc1cc(=O)n2cc(Br)ccc2n1)CC1CC(O)C1. The van der Waals surface area contributed by atoms with Gasteiger partial charge in [0.15, 0.2) is 0 Å². The van der Waals surface area contributed by atoms with Gasteiger partial charge in [-0.25, -0.2) is 4.98 Å². The fraction of sp³-hybridized carbons (Fsp3) is 0.467. The molecule has 0 radical (unpaired) electrons. The molecule has 3 rings (SSSR count). The topological polar surface area (TPSA) is 57.8 Å². The third-order valence-electron chi connectivity index (χ3n) is 3.89. The minimum Gasteiger partial charge on any atom is -0.393 e. The Bertz CT molecular complexity index is 710. The van der Waals surface area contributed by atoms with Gasteiger partial charge in [0, 0.05) is 29.8 Å². The van der Waals surface area contributed by atoms with E-state index in [-0.39, 0.29) is 11.7 Å². The summed E-state index contributed by atoms with van der Waals surface area (Å²) in [4.78, 5) is 18.8. The maximum atomic E-state index is 12.1. The second-order valence-corrected chi connectivity index (χ2v) is 6.76. The van der Waals surface area contributed by atoms with E-state index in [1.54, 1.807) is 12.3 Å². The standard InChI is InChI=1S/C15H18BrN3O2/c1-18(7-10-4-13(20)5-10)9-12-6-15(21)19-8-11(16)2-3-14(19)17-12/h2-3,6,8,10,13,20H,4-5,7,9H2,1H3. The fourth-order valence-electron chi connectivity index (χ4n) is 2.84. The van der Waals surface area contributed by atoms with E-state index in [4.69, 9.17) is 0 Å². The molecule has 2 aromatic rings. The molecule has 1 aliphatic rings. The van der Waals surface area contributed by atoms with Crippen LogP contribution in [0.5, 0.6) is 0 Å². The van der Waals surface area contributed by atoms with Crippen LogP contribution in [0.2, 0.25) is 0 Å². The first-order chi connectivity index (χ1) is 10.0. The summed E-state index contributed by atoms with van der Waals surface area (Å²) in [6, 6.07) is 5.30. The van der Waals surface area contributed by atoms with Crippen molar-refractivity contribution in [1.82, 2.24) is 14.3 Å². The molecule has 112 valence electrons. The Morgan fingerprint density at radius 1 is 1.48 bits per heavy atom.